The van der Waals surface area contributed by atoms with Crippen LogP contribution < -0.4 is 16.4 Å². The molecule has 0 bridgehead atoms. The molecular formula is C14H14BrN5O2. The minimum atomic E-state index is -0.576. The van der Waals surface area contributed by atoms with Crippen LogP contribution in [0.1, 0.15) is 18.9 Å². The van der Waals surface area contributed by atoms with Crippen LogP contribution in [0.3, 0.4) is 0 Å². The highest BCUT2D eigenvalue weighted by Crippen LogP contribution is 2.28. The average molecular weight is 364 g/mol. The fourth-order valence-electron chi connectivity index (χ4n) is 2.82. The second-order valence-electron chi connectivity index (χ2n) is 5.27. The molecule has 1 saturated heterocycles. The number of halogens is 1. The van der Waals surface area contributed by atoms with Crippen molar-refractivity contribution < 1.29 is 0 Å². The molecule has 2 aromatic rings. The Morgan fingerprint density at radius 1 is 1.36 bits per heavy atom. The quantitative estimate of drug-likeness (QED) is 0.612. The lowest BCUT2D eigenvalue weighted by Gasteiger charge is -2.24. The lowest BCUT2D eigenvalue weighted by molar-refractivity contribution is 0.365. The van der Waals surface area contributed by atoms with Crippen LogP contribution in [0, 0.1) is 6.57 Å². The molecule has 0 radical (unpaired) electrons. The van der Waals surface area contributed by atoms with Gasteiger partial charge in [0.2, 0.25) is 0 Å². The largest absolute Gasteiger partial charge is 0.360 e. The Kier molecular flexibility index (Phi) is 3.85. The van der Waals surface area contributed by atoms with Crippen molar-refractivity contribution in [1.82, 2.24) is 19.4 Å². The van der Waals surface area contributed by atoms with Crippen LogP contribution in [0.25, 0.3) is 16.0 Å². The molecule has 0 spiro atoms. The van der Waals surface area contributed by atoms with Gasteiger partial charge in [0.25, 0.3) is 11.5 Å². The number of aryl methyl sites for hydroxylation is 1. The number of fused-ring (bicyclic) bond motifs is 1. The van der Waals surface area contributed by atoms with Crippen molar-refractivity contribution in [3.05, 3.63) is 42.7 Å². The Morgan fingerprint density at radius 2 is 2.05 bits per heavy atom. The van der Waals surface area contributed by atoms with Gasteiger partial charge < -0.3 is 14.7 Å². The summed E-state index contributed by atoms with van der Waals surface area (Å²) in [5.74, 6) is 0.188. The smallest absolute Gasteiger partial charge is 0.319 e. The lowest BCUT2D eigenvalue weighted by Crippen LogP contribution is -2.44. The topological polar surface area (TPSA) is 73.3 Å². The maximum Gasteiger partial charge on any atom is 0.319 e. The summed E-state index contributed by atoms with van der Waals surface area (Å²) in [6, 6.07) is 1.60. The molecule has 1 aliphatic heterocycles. The van der Waals surface area contributed by atoms with E-state index in [1.54, 1.807) is 13.1 Å². The first-order valence-electron chi connectivity index (χ1n) is 6.94. The summed E-state index contributed by atoms with van der Waals surface area (Å²) < 4.78 is 3.28. The number of hydrogen-bond acceptors (Lipinski definition) is 4. The summed E-state index contributed by atoms with van der Waals surface area (Å²) in [5, 5.41) is 3.23. The van der Waals surface area contributed by atoms with Gasteiger partial charge in [-0.25, -0.2) is 0 Å². The standard InChI is InChI=1S/C14H14BrN5O2/c1-16-11-9(15)7-10-12(18-11)20(8-3-5-17-6-4-8)14(22)13(21)19(10)2/h7-8,17H,3-6H2,2H3. The van der Waals surface area contributed by atoms with Crippen LogP contribution in [0.2, 0.25) is 0 Å². The van der Waals surface area contributed by atoms with E-state index in [2.05, 4.69) is 31.1 Å². The third-order valence-electron chi connectivity index (χ3n) is 3.99. The molecule has 0 saturated carbocycles. The van der Waals surface area contributed by atoms with Gasteiger partial charge in [0.1, 0.15) is 5.52 Å². The first-order valence-corrected chi connectivity index (χ1v) is 7.74. The predicted octanol–water partition coefficient (Wildman–Crippen LogP) is 1.33. The first-order chi connectivity index (χ1) is 10.5. The fraction of sp³-hybridized carbons (Fsp3) is 0.429. The van der Waals surface area contributed by atoms with Crippen molar-refractivity contribution in [2.45, 2.75) is 18.9 Å². The summed E-state index contributed by atoms with van der Waals surface area (Å²) in [6.07, 6.45) is 1.51. The summed E-state index contributed by atoms with van der Waals surface area (Å²) in [5.41, 5.74) is -0.210. The number of aromatic nitrogens is 3. The van der Waals surface area contributed by atoms with E-state index in [1.807, 2.05) is 0 Å². The zero-order valence-electron chi connectivity index (χ0n) is 12.0. The van der Waals surface area contributed by atoms with Gasteiger partial charge in [0, 0.05) is 17.6 Å². The fourth-order valence-corrected chi connectivity index (χ4v) is 3.21. The zero-order valence-corrected chi connectivity index (χ0v) is 13.6. The van der Waals surface area contributed by atoms with Gasteiger partial charge in [0.05, 0.1) is 0 Å². The highest BCUT2D eigenvalue weighted by molar-refractivity contribution is 9.10. The van der Waals surface area contributed by atoms with Gasteiger partial charge >= 0.3 is 11.1 Å². The van der Waals surface area contributed by atoms with E-state index >= 15 is 0 Å². The van der Waals surface area contributed by atoms with E-state index in [1.165, 1.54) is 9.13 Å². The Labute approximate surface area is 134 Å². The van der Waals surface area contributed by atoms with Crippen LogP contribution in [0.5, 0.6) is 0 Å². The van der Waals surface area contributed by atoms with Crippen LogP contribution in [0.4, 0.5) is 5.82 Å². The van der Waals surface area contributed by atoms with Crippen molar-refractivity contribution in [1.29, 1.82) is 0 Å². The summed E-state index contributed by atoms with van der Waals surface area (Å²) in [7, 11) is 1.55. The van der Waals surface area contributed by atoms with Gasteiger partial charge in [-0.1, -0.05) is 27.5 Å². The van der Waals surface area contributed by atoms with Crippen molar-refractivity contribution >= 4 is 32.9 Å². The minimum absolute atomic E-state index is 0.0718. The van der Waals surface area contributed by atoms with Crippen molar-refractivity contribution in [2.24, 2.45) is 7.05 Å². The Bertz CT molecular complexity index is 903. The molecule has 0 aliphatic carbocycles. The van der Waals surface area contributed by atoms with E-state index in [9.17, 15) is 9.59 Å². The second kappa shape index (κ2) is 5.66. The number of piperidine rings is 1. The Hall–Kier alpha value is -1.98. The SMILES string of the molecule is [C-]#[N+]c1nc2c(cc1Br)n(C)c(=O)c(=O)n2C1CCNCC1. The lowest BCUT2D eigenvalue weighted by atomic mass is 10.1. The maximum atomic E-state index is 12.5. The summed E-state index contributed by atoms with van der Waals surface area (Å²) >= 11 is 3.29. The van der Waals surface area contributed by atoms with E-state index in [4.69, 9.17) is 6.57 Å². The van der Waals surface area contributed by atoms with Gasteiger partial charge in [-0.3, -0.25) is 14.2 Å². The number of hydrogen-bond donors (Lipinski definition) is 1. The molecule has 22 heavy (non-hydrogen) atoms. The molecule has 8 heteroatoms. The molecule has 1 N–H and O–H groups in total. The summed E-state index contributed by atoms with van der Waals surface area (Å²) in [6.45, 7) is 8.77. The molecule has 114 valence electrons. The molecule has 1 fully saturated rings. The van der Waals surface area contributed by atoms with Crippen molar-refractivity contribution in [3.63, 3.8) is 0 Å². The molecule has 3 heterocycles. The summed E-state index contributed by atoms with van der Waals surface area (Å²) in [4.78, 5) is 32.4. The minimum Gasteiger partial charge on any atom is -0.360 e. The highest BCUT2D eigenvalue weighted by Gasteiger charge is 2.24. The number of nitrogens with one attached hydrogen (secondary N) is 1. The molecule has 7 nitrogen and oxygen atoms in total. The normalized spacial score (nSPS) is 15.9. The van der Waals surface area contributed by atoms with Gasteiger partial charge in [0.15, 0.2) is 0 Å². The number of rotatable bonds is 1. The van der Waals surface area contributed by atoms with E-state index in [0.29, 0.717) is 15.6 Å². The molecule has 2 aromatic heterocycles. The number of nitrogens with zero attached hydrogens (tertiary/aromatic N) is 4. The van der Waals surface area contributed by atoms with Gasteiger partial charge in [-0.2, -0.15) is 0 Å². The van der Waals surface area contributed by atoms with E-state index in [-0.39, 0.29) is 11.9 Å². The van der Waals surface area contributed by atoms with Crippen LogP contribution in [-0.2, 0) is 7.05 Å². The molecular weight excluding hydrogens is 350 g/mol. The first kappa shape index (κ1) is 14.9. The molecule has 1 aliphatic rings. The Morgan fingerprint density at radius 3 is 2.68 bits per heavy atom. The zero-order chi connectivity index (χ0) is 15.9. The molecule has 0 aromatic carbocycles. The number of pyridine rings is 1. The molecule has 0 amide bonds. The maximum absolute atomic E-state index is 12.5. The monoisotopic (exact) mass is 363 g/mol. The van der Waals surface area contributed by atoms with Crippen molar-refractivity contribution in [3.8, 4) is 0 Å². The van der Waals surface area contributed by atoms with E-state index < -0.39 is 11.1 Å². The average Bonchev–Trinajstić information content (AvgIpc) is 2.54. The van der Waals surface area contributed by atoms with E-state index in [0.717, 1.165) is 25.9 Å². The van der Waals surface area contributed by atoms with Crippen LogP contribution in [0.15, 0.2) is 20.1 Å². The van der Waals surface area contributed by atoms with Crippen LogP contribution >= 0.6 is 15.9 Å². The molecule has 0 atom stereocenters. The van der Waals surface area contributed by atoms with Crippen molar-refractivity contribution in [2.75, 3.05) is 13.1 Å². The molecule has 0 unspecified atom stereocenters. The van der Waals surface area contributed by atoms with Gasteiger partial charge in [-0.15, -0.1) is 0 Å². The third-order valence-corrected chi connectivity index (χ3v) is 4.58. The van der Waals surface area contributed by atoms with Gasteiger partial charge in [-0.05, 0) is 32.0 Å². The third kappa shape index (κ3) is 2.26. The second-order valence-corrected chi connectivity index (χ2v) is 6.12. The highest BCUT2D eigenvalue weighted by atomic mass is 79.9. The predicted molar refractivity (Wildman–Crippen MR) is 86.3 cm³/mol. The molecule has 3 rings (SSSR count). The Balaban J connectivity index is 2.41. The van der Waals surface area contributed by atoms with Crippen LogP contribution in [-0.4, -0.2) is 27.2 Å².